The zero-order valence-electron chi connectivity index (χ0n) is 13.4. The maximum Gasteiger partial charge on any atom is 0.164 e. The van der Waals surface area contributed by atoms with E-state index in [9.17, 15) is 12.8 Å². The van der Waals surface area contributed by atoms with E-state index in [0.717, 1.165) is 16.4 Å². The van der Waals surface area contributed by atoms with Crippen molar-refractivity contribution >= 4 is 32.5 Å². The van der Waals surface area contributed by atoms with Crippen molar-refractivity contribution in [2.24, 2.45) is 4.99 Å². The first-order valence-electron chi connectivity index (χ1n) is 8.02. The first kappa shape index (κ1) is 16.6. The summed E-state index contributed by atoms with van der Waals surface area (Å²) >= 11 is 1.56. The number of amidine groups is 1. The molecule has 1 fully saturated rings. The molecular formula is C18H17FN2O2S2. The van der Waals surface area contributed by atoms with Crippen molar-refractivity contribution in [3.63, 3.8) is 0 Å². The zero-order valence-corrected chi connectivity index (χ0v) is 15.0. The summed E-state index contributed by atoms with van der Waals surface area (Å²) < 4.78 is 37.0. The van der Waals surface area contributed by atoms with E-state index in [2.05, 4.69) is 4.99 Å². The summed E-state index contributed by atoms with van der Waals surface area (Å²) in [5, 5.41) is 0.834. The van der Waals surface area contributed by atoms with Crippen molar-refractivity contribution in [1.82, 2.24) is 0 Å². The van der Waals surface area contributed by atoms with Crippen molar-refractivity contribution in [2.75, 3.05) is 16.4 Å². The molecule has 0 amide bonds. The van der Waals surface area contributed by atoms with Gasteiger partial charge in [0.1, 0.15) is 5.82 Å². The summed E-state index contributed by atoms with van der Waals surface area (Å²) in [4.78, 5) is 6.73. The highest BCUT2D eigenvalue weighted by atomic mass is 32.2. The fourth-order valence-corrected chi connectivity index (χ4v) is 6.17. The van der Waals surface area contributed by atoms with Crippen LogP contribution in [0.15, 0.2) is 59.6 Å². The second-order valence-corrected chi connectivity index (χ2v) is 9.34. The van der Waals surface area contributed by atoms with E-state index in [4.69, 9.17) is 0 Å². The lowest BCUT2D eigenvalue weighted by atomic mass is 10.1. The number of hydrogen-bond acceptors (Lipinski definition) is 5. The van der Waals surface area contributed by atoms with Crippen LogP contribution in [0.4, 0.5) is 10.1 Å². The average Bonchev–Trinajstić information content (AvgIpc) is 3.06. The zero-order chi connectivity index (χ0) is 17.4. The van der Waals surface area contributed by atoms with Gasteiger partial charge in [0.15, 0.2) is 15.0 Å². The normalized spacial score (nSPS) is 24.2. The Morgan fingerprint density at radius 3 is 2.52 bits per heavy atom. The topological polar surface area (TPSA) is 49.7 Å². The van der Waals surface area contributed by atoms with E-state index in [1.165, 1.54) is 12.1 Å². The van der Waals surface area contributed by atoms with Crippen LogP contribution in [0.1, 0.15) is 5.56 Å². The highest BCUT2D eigenvalue weighted by Gasteiger charge is 2.47. The summed E-state index contributed by atoms with van der Waals surface area (Å²) in [5.74, 6) is 0.657. The molecule has 4 nitrogen and oxygen atoms in total. The molecule has 0 unspecified atom stereocenters. The molecule has 0 radical (unpaired) electrons. The molecule has 7 heteroatoms. The number of rotatable bonds is 3. The molecular weight excluding hydrogens is 359 g/mol. The summed E-state index contributed by atoms with van der Waals surface area (Å²) in [6.45, 7) is 0. The van der Waals surface area contributed by atoms with Gasteiger partial charge in [0.05, 0.1) is 23.6 Å². The van der Waals surface area contributed by atoms with Crippen LogP contribution in [0.5, 0.6) is 0 Å². The van der Waals surface area contributed by atoms with Gasteiger partial charge in [0, 0.05) is 11.4 Å². The number of anilines is 1. The van der Waals surface area contributed by atoms with E-state index in [1.54, 1.807) is 23.9 Å². The molecule has 0 bridgehead atoms. The number of sulfone groups is 1. The maximum atomic E-state index is 13.0. The Morgan fingerprint density at radius 2 is 1.80 bits per heavy atom. The SMILES string of the molecule is O=S1(=O)C[C@H]2N=C(SCc3ccc(F)cc3)N(c3ccccc3)[C@H]2C1. The van der Waals surface area contributed by atoms with E-state index in [1.807, 2.05) is 35.2 Å². The smallest absolute Gasteiger partial charge is 0.164 e. The molecule has 25 heavy (non-hydrogen) atoms. The van der Waals surface area contributed by atoms with Crippen LogP contribution in [0.25, 0.3) is 0 Å². The summed E-state index contributed by atoms with van der Waals surface area (Å²) in [6, 6.07) is 15.8. The number of hydrogen-bond donors (Lipinski definition) is 0. The van der Waals surface area contributed by atoms with E-state index in [0.29, 0.717) is 5.75 Å². The lowest BCUT2D eigenvalue weighted by Gasteiger charge is -2.26. The van der Waals surface area contributed by atoms with Crippen molar-refractivity contribution in [1.29, 1.82) is 0 Å². The second kappa shape index (κ2) is 6.46. The van der Waals surface area contributed by atoms with Crippen molar-refractivity contribution in [3.05, 3.63) is 66.0 Å². The highest BCUT2D eigenvalue weighted by Crippen LogP contribution is 2.35. The third-order valence-corrected chi connectivity index (χ3v) is 7.16. The lowest BCUT2D eigenvalue weighted by Crippen LogP contribution is -2.39. The molecule has 2 heterocycles. The largest absolute Gasteiger partial charge is 0.315 e. The van der Waals surface area contributed by atoms with Gasteiger partial charge in [-0.15, -0.1) is 0 Å². The van der Waals surface area contributed by atoms with Gasteiger partial charge >= 0.3 is 0 Å². The molecule has 0 spiro atoms. The number of fused-ring (bicyclic) bond motifs is 1. The van der Waals surface area contributed by atoms with Gasteiger partial charge in [-0.05, 0) is 29.8 Å². The Hall–Kier alpha value is -1.86. The summed E-state index contributed by atoms with van der Waals surface area (Å²) in [6.07, 6.45) is 0. The molecule has 2 aliphatic rings. The number of aliphatic imine (C=N–C) groups is 1. The minimum Gasteiger partial charge on any atom is -0.315 e. The van der Waals surface area contributed by atoms with Crippen LogP contribution in [0.3, 0.4) is 0 Å². The van der Waals surface area contributed by atoms with Crippen LogP contribution in [-0.4, -0.2) is 37.2 Å². The predicted octanol–water partition coefficient (Wildman–Crippen LogP) is 3.10. The number of benzene rings is 2. The van der Waals surface area contributed by atoms with Crippen molar-refractivity contribution in [3.8, 4) is 0 Å². The predicted molar refractivity (Wildman–Crippen MR) is 100 cm³/mol. The van der Waals surface area contributed by atoms with Crippen LogP contribution in [-0.2, 0) is 15.6 Å². The third-order valence-electron chi connectivity index (χ3n) is 4.42. The van der Waals surface area contributed by atoms with Gasteiger partial charge in [-0.1, -0.05) is 42.1 Å². The molecule has 4 rings (SSSR count). The lowest BCUT2D eigenvalue weighted by molar-refractivity contribution is 0.601. The Bertz CT molecular complexity index is 898. The molecule has 130 valence electrons. The number of para-hydroxylation sites is 1. The van der Waals surface area contributed by atoms with E-state index >= 15 is 0 Å². The van der Waals surface area contributed by atoms with Gasteiger partial charge in [-0.2, -0.15) is 0 Å². The number of nitrogens with zero attached hydrogens (tertiary/aromatic N) is 2. The fraction of sp³-hybridized carbons (Fsp3) is 0.278. The molecule has 0 aromatic heterocycles. The van der Waals surface area contributed by atoms with Gasteiger partial charge in [-0.3, -0.25) is 4.99 Å². The van der Waals surface area contributed by atoms with Crippen LogP contribution in [0.2, 0.25) is 0 Å². The Labute approximate surface area is 150 Å². The van der Waals surface area contributed by atoms with Crippen LogP contribution < -0.4 is 4.90 Å². The molecule has 2 aliphatic heterocycles. The van der Waals surface area contributed by atoms with Gasteiger partial charge < -0.3 is 4.90 Å². The molecule has 0 saturated carbocycles. The molecule has 0 N–H and O–H groups in total. The average molecular weight is 376 g/mol. The number of halogens is 1. The molecule has 1 saturated heterocycles. The van der Waals surface area contributed by atoms with E-state index < -0.39 is 9.84 Å². The molecule has 0 aliphatic carbocycles. The minimum absolute atomic E-state index is 0.113. The van der Waals surface area contributed by atoms with Gasteiger partial charge in [0.2, 0.25) is 0 Å². The first-order valence-corrected chi connectivity index (χ1v) is 10.8. The third kappa shape index (κ3) is 3.43. The first-order chi connectivity index (χ1) is 12.0. The molecule has 2 aromatic carbocycles. The fourth-order valence-electron chi connectivity index (χ4n) is 3.25. The van der Waals surface area contributed by atoms with E-state index in [-0.39, 0.29) is 29.4 Å². The van der Waals surface area contributed by atoms with Crippen molar-refractivity contribution < 1.29 is 12.8 Å². The Morgan fingerprint density at radius 1 is 1.08 bits per heavy atom. The quantitative estimate of drug-likeness (QED) is 0.826. The van der Waals surface area contributed by atoms with Gasteiger partial charge in [-0.25, -0.2) is 12.8 Å². The highest BCUT2D eigenvalue weighted by molar-refractivity contribution is 8.13. The molecule has 2 atom stereocenters. The second-order valence-electron chi connectivity index (χ2n) is 6.24. The van der Waals surface area contributed by atoms with Crippen LogP contribution >= 0.6 is 11.8 Å². The van der Waals surface area contributed by atoms with Crippen molar-refractivity contribution in [2.45, 2.75) is 17.8 Å². The molecule has 2 aromatic rings. The van der Waals surface area contributed by atoms with Crippen LogP contribution in [0, 0.1) is 5.82 Å². The Kier molecular flexibility index (Phi) is 4.29. The number of thioether (sulfide) groups is 1. The van der Waals surface area contributed by atoms with Gasteiger partial charge in [0.25, 0.3) is 0 Å². The standard InChI is InChI=1S/C18H17FN2O2S2/c19-14-8-6-13(7-9-14)10-24-18-20-16-11-25(22,23)12-17(16)21(18)15-4-2-1-3-5-15/h1-9,16-17H,10-12H2/t16-,17+/m1/s1. The summed E-state index contributed by atoms with van der Waals surface area (Å²) in [7, 11) is -3.04. The minimum atomic E-state index is -3.04. The monoisotopic (exact) mass is 376 g/mol. The Balaban J connectivity index is 1.59. The maximum absolute atomic E-state index is 13.0. The summed E-state index contributed by atoms with van der Waals surface area (Å²) in [5.41, 5.74) is 1.96.